The molecule has 0 aliphatic carbocycles. The molecule has 2 nitrogen and oxygen atoms in total. The Morgan fingerprint density at radius 2 is 2.31 bits per heavy atom. The zero-order valence-corrected chi connectivity index (χ0v) is 9.76. The van der Waals surface area contributed by atoms with Gasteiger partial charge < -0.3 is 10.6 Å². The number of benzene rings is 1. The van der Waals surface area contributed by atoms with Gasteiger partial charge >= 0.3 is 0 Å². The molecule has 1 atom stereocenters. The van der Waals surface area contributed by atoms with Crippen LogP contribution in [0.1, 0.15) is 13.3 Å². The maximum Gasteiger partial charge on any atom is 0.0587 e. The van der Waals surface area contributed by atoms with E-state index >= 15 is 0 Å². The second-order valence-electron chi connectivity index (χ2n) is 3.32. The van der Waals surface area contributed by atoms with Gasteiger partial charge in [0.15, 0.2) is 0 Å². The van der Waals surface area contributed by atoms with Gasteiger partial charge in [-0.15, -0.1) is 0 Å². The lowest BCUT2D eigenvalue weighted by molar-refractivity contribution is 0.713. The molecule has 0 spiro atoms. The number of fused-ring (bicyclic) bond motifs is 1. The van der Waals surface area contributed by atoms with E-state index in [0.717, 1.165) is 6.54 Å². The lowest BCUT2D eigenvalue weighted by Crippen LogP contribution is -2.32. The van der Waals surface area contributed by atoms with Crippen molar-refractivity contribution < 1.29 is 0 Å². The van der Waals surface area contributed by atoms with Crippen LogP contribution in [0, 0.1) is 3.57 Å². The van der Waals surface area contributed by atoms with Gasteiger partial charge in [-0.05, 0) is 47.2 Å². The maximum atomic E-state index is 3.51. The fourth-order valence-corrected chi connectivity index (χ4v) is 2.03. The fraction of sp³-hybridized carbons (Fsp3) is 0.400. The zero-order valence-electron chi connectivity index (χ0n) is 7.60. The van der Waals surface area contributed by atoms with E-state index < -0.39 is 0 Å². The molecule has 1 heterocycles. The van der Waals surface area contributed by atoms with Crippen LogP contribution in [0.2, 0.25) is 0 Å². The van der Waals surface area contributed by atoms with Crippen molar-refractivity contribution in [3.8, 4) is 0 Å². The van der Waals surface area contributed by atoms with E-state index in [1.807, 2.05) is 0 Å². The van der Waals surface area contributed by atoms with Crippen LogP contribution >= 0.6 is 22.6 Å². The van der Waals surface area contributed by atoms with Crippen molar-refractivity contribution in [3.05, 3.63) is 21.8 Å². The molecule has 1 aromatic carbocycles. The number of hydrogen-bond acceptors (Lipinski definition) is 2. The summed E-state index contributed by atoms with van der Waals surface area (Å²) in [5.74, 6) is 0. The van der Waals surface area contributed by atoms with Crippen LogP contribution in [0.15, 0.2) is 18.2 Å². The summed E-state index contributed by atoms with van der Waals surface area (Å²) in [7, 11) is 0. The average Bonchev–Trinajstić information content (AvgIpc) is 2.17. The summed E-state index contributed by atoms with van der Waals surface area (Å²) in [4.78, 5) is 0. The van der Waals surface area contributed by atoms with Gasteiger partial charge in [-0.25, -0.2) is 0 Å². The summed E-state index contributed by atoms with van der Waals surface area (Å²) in [6.45, 7) is 3.24. The zero-order chi connectivity index (χ0) is 9.26. The molecule has 0 saturated carbocycles. The van der Waals surface area contributed by atoms with Crippen LogP contribution in [0.25, 0.3) is 0 Å². The first-order chi connectivity index (χ1) is 6.29. The highest BCUT2D eigenvalue weighted by atomic mass is 127. The Labute approximate surface area is 92.2 Å². The standard InChI is InChI=1S/C10H13IN2/c1-2-8-6-12-10-5-7(11)3-4-9(10)13-8/h3-5,8,12-13H,2,6H2,1H3. The molecule has 0 aromatic heterocycles. The third-order valence-electron chi connectivity index (χ3n) is 2.37. The minimum Gasteiger partial charge on any atom is -0.381 e. The molecule has 1 aliphatic heterocycles. The van der Waals surface area contributed by atoms with Crippen LogP contribution in [-0.4, -0.2) is 12.6 Å². The molecule has 2 N–H and O–H groups in total. The minimum atomic E-state index is 0.576. The van der Waals surface area contributed by atoms with Gasteiger partial charge in [-0.3, -0.25) is 0 Å². The molecule has 1 unspecified atom stereocenters. The van der Waals surface area contributed by atoms with Crippen molar-refractivity contribution >= 4 is 34.0 Å². The smallest absolute Gasteiger partial charge is 0.0587 e. The van der Waals surface area contributed by atoms with Crippen molar-refractivity contribution in [1.29, 1.82) is 0 Å². The third kappa shape index (κ3) is 1.90. The van der Waals surface area contributed by atoms with E-state index in [1.54, 1.807) is 0 Å². The number of anilines is 2. The quantitative estimate of drug-likeness (QED) is 0.776. The van der Waals surface area contributed by atoms with Gasteiger partial charge in [-0.1, -0.05) is 6.92 Å². The van der Waals surface area contributed by atoms with Gasteiger partial charge in [0, 0.05) is 16.2 Å². The molecule has 2 rings (SSSR count). The first-order valence-electron chi connectivity index (χ1n) is 4.59. The van der Waals surface area contributed by atoms with Crippen LogP contribution in [-0.2, 0) is 0 Å². The van der Waals surface area contributed by atoms with Crippen molar-refractivity contribution in [2.75, 3.05) is 17.2 Å². The normalized spacial score (nSPS) is 20.0. The van der Waals surface area contributed by atoms with E-state index in [-0.39, 0.29) is 0 Å². The number of hydrogen-bond donors (Lipinski definition) is 2. The van der Waals surface area contributed by atoms with Crippen LogP contribution in [0.5, 0.6) is 0 Å². The van der Waals surface area contributed by atoms with Gasteiger partial charge in [0.2, 0.25) is 0 Å². The number of halogens is 1. The van der Waals surface area contributed by atoms with E-state index in [0.29, 0.717) is 6.04 Å². The molecule has 0 bridgehead atoms. The molecule has 70 valence electrons. The highest BCUT2D eigenvalue weighted by molar-refractivity contribution is 14.1. The summed E-state index contributed by atoms with van der Waals surface area (Å²) >= 11 is 2.33. The lowest BCUT2D eigenvalue weighted by atomic mass is 10.1. The number of rotatable bonds is 1. The first kappa shape index (κ1) is 9.12. The van der Waals surface area contributed by atoms with Crippen molar-refractivity contribution in [3.63, 3.8) is 0 Å². The Morgan fingerprint density at radius 1 is 1.46 bits per heavy atom. The van der Waals surface area contributed by atoms with Gasteiger partial charge in [-0.2, -0.15) is 0 Å². The average molecular weight is 288 g/mol. The Morgan fingerprint density at radius 3 is 3.08 bits per heavy atom. The highest BCUT2D eigenvalue weighted by Crippen LogP contribution is 2.28. The van der Waals surface area contributed by atoms with Gasteiger partial charge in [0.1, 0.15) is 0 Å². The Bertz CT molecular complexity index is 312. The van der Waals surface area contributed by atoms with Crippen LogP contribution in [0.4, 0.5) is 11.4 Å². The lowest BCUT2D eigenvalue weighted by Gasteiger charge is -2.27. The summed E-state index contributed by atoms with van der Waals surface area (Å²) in [6, 6.07) is 7.03. The minimum absolute atomic E-state index is 0.576. The van der Waals surface area contributed by atoms with E-state index in [9.17, 15) is 0 Å². The SMILES string of the molecule is CCC1CNc2cc(I)ccc2N1. The predicted molar refractivity (Wildman–Crippen MR) is 65.4 cm³/mol. The second kappa shape index (κ2) is 3.74. The molecule has 1 aliphatic rings. The van der Waals surface area contributed by atoms with Crippen LogP contribution < -0.4 is 10.6 Å². The summed E-state index contributed by atoms with van der Waals surface area (Å²) < 4.78 is 1.28. The van der Waals surface area contributed by atoms with Gasteiger partial charge in [0.05, 0.1) is 11.4 Å². The molecule has 3 heteroatoms. The van der Waals surface area contributed by atoms with Gasteiger partial charge in [0.25, 0.3) is 0 Å². The largest absolute Gasteiger partial charge is 0.381 e. The van der Waals surface area contributed by atoms with Crippen molar-refractivity contribution in [2.45, 2.75) is 19.4 Å². The highest BCUT2D eigenvalue weighted by Gasteiger charge is 2.14. The molecular weight excluding hydrogens is 275 g/mol. The Kier molecular flexibility index (Phi) is 2.62. The first-order valence-corrected chi connectivity index (χ1v) is 5.67. The van der Waals surface area contributed by atoms with Crippen molar-refractivity contribution in [2.24, 2.45) is 0 Å². The monoisotopic (exact) mass is 288 g/mol. The molecular formula is C10H13IN2. The molecule has 13 heavy (non-hydrogen) atoms. The molecule has 0 radical (unpaired) electrons. The van der Waals surface area contributed by atoms with Crippen LogP contribution in [0.3, 0.4) is 0 Å². The summed E-state index contributed by atoms with van der Waals surface area (Å²) in [6.07, 6.45) is 1.17. The van der Waals surface area contributed by atoms with E-state index in [4.69, 9.17) is 0 Å². The summed E-state index contributed by atoms with van der Waals surface area (Å²) in [5, 5.41) is 6.95. The van der Waals surface area contributed by atoms with E-state index in [1.165, 1.54) is 21.4 Å². The molecule has 0 saturated heterocycles. The van der Waals surface area contributed by atoms with Crippen molar-refractivity contribution in [1.82, 2.24) is 0 Å². The molecule has 0 amide bonds. The second-order valence-corrected chi connectivity index (χ2v) is 4.57. The number of nitrogens with one attached hydrogen (secondary N) is 2. The Balaban J connectivity index is 2.26. The third-order valence-corrected chi connectivity index (χ3v) is 3.04. The Hall–Kier alpha value is -0.450. The molecule has 1 aromatic rings. The summed E-state index contributed by atoms with van der Waals surface area (Å²) in [5.41, 5.74) is 2.47. The topological polar surface area (TPSA) is 24.1 Å². The van der Waals surface area contributed by atoms with E-state index in [2.05, 4.69) is 58.3 Å². The molecule has 0 fully saturated rings. The fourth-order valence-electron chi connectivity index (χ4n) is 1.54. The maximum absolute atomic E-state index is 3.51. The predicted octanol–water partition coefficient (Wildman–Crippen LogP) is 2.91.